The van der Waals surface area contributed by atoms with E-state index in [1.165, 1.54) is 0 Å². The molecule has 13 heteroatoms. The maximum absolute atomic E-state index is 13.4. The molecule has 1 fully saturated rings. The maximum Gasteiger partial charge on any atom is 0.408 e. The molecule has 230 valence electrons. The van der Waals surface area contributed by atoms with Crippen LogP contribution in [0.5, 0.6) is 5.75 Å². The van der Waals surface area contributed by atoms with Crippen molar-refractivity contribution >= 4 is 35.6 Å². The number of methoxy groups -OCH3 is 1. The second kappa shape index (κ2) is 15.6. The fourth-order valence-electron chi connectivity index (χ4n) is 4.06. The molecule has 0 aliphatic carbocycles. The van der Waals surface area contributed by atoms with Crippen LogP contribution in [0, 0.1) is 0 Å². The number of para-hydroxylation sites is 1. The van der Waals surface area contributed by atoms with Crippen molar-refractivity contribution in [2.24, 2.45) is 0 Å². The highest BCUT2D eigenvalue weighted by molar-refractivity contribution is 5.98. The Kier molecular flexibility index (Phi) is 11.1. The number of alkyl carbamates (subject to hydrolysis) is 2. The summed E-state index contributed by atoms with van der Waals surface area (Å²) >= 11 is 0. The first-order valence-electron chi connectivity index (χ1n) is 13.8. The first-order valence-corrected chi connectivity index (χ1v) is 13.8. The molecule has 0 saturated carbocycles. The molecule has 0 bridgehead atoms. The van der Waals surface area contributed by atoms with Crippen molar-refractivity contribution in [1.29, 1.82) is 0 Å². The van der Waals surface area contributed by atoms with Crippen molar-refractivity contribution in [3.63, 3.8) is 0 Å². The van der Waals surface area contributed by atoms with E-state index in [0.717, 1.165) is 11.1 Å². The van der Waals surface area contributed by atoms with E-state index in [9.17, 15) is 24.0 Å². The minimum Gasteiger partial charge on any atom is -0.497 e. The Morgan fingerprint density at radius 3 is 2.18 bits per heavy atom. The van der Waals surface area contributed by atoms with Crippen LogP contribution in [0.3, 0.4) is 0 Å². The number of benzene rings is 3. The van der Waals surface area contributed by atoms with Crippen LogP contribution >= 0.6 is 0 Å². The summed E-state index contributed by atoms with van der Waals surface area (Å²) in [5.41, 5.74) is 2.26. The molecule has 3 aromatic rings. The summed E-state index contributed by atoms with van der Waals surface area (Å²) in [5.74, 6) is -0.677. The molecule has 1 saturated heterocycles. The van der Waals surface area contributed by atoms with Crippen LogP contribution in [0.25, 0.3) is 0 Å². The lowest BCUT2D eigenvalue weighted by molar-refractivity contribution is -0.133. The normalized spacial score (nSPS) is 14.1. The van der Waals surface area contributed by atoms with E-state index in [4.69, 9.17) is 14.2 Å². The quantitative estimate of drug-likeness (QED) is 0.185. The van der Waals surface area contributed by atoms with E-state index >= 15 is 0 Å². The predicted octanol–water partition coefficient (Wildman–Crippen LogP) is 2.01. The lowest BCUT2D eigenvalue weighted by atomic mass is 10.1. The van der Waals surface area contributed by atoms with Crippen molar-refractivity contribution < 1.29 is 38.2 Å². The number of hydrogen-bond donors (Lipinski definition) is 5. The Hall–Kier alpha value is -5.59. The van der Waals surface area contributed by atoms with Gasteiger partial charge in [-0.2, -0.15) is 0 Å². The standard InChI is InChI=1S/C31H33N5O8/c1-42-23-13-11-21(12-14-23)19-43-30(40)33-17-26(36-31(41)44-18-20-7-3-2-4-8-20)29(39)35-24-10-6-5-9-22(24)15-27(37)34-25-16-32-28(25)38/h2-14,25-26H,15-19H2,1H3,(H,32,38)(H,33,40)(H,34,37)(H,35,39)(H,36,41). The zero-order valence-electron chi connectivity index (χ0n) is 24.0. The Morgan fingerprint density at radius 2 is 1.52 bits per heavy atom. The number of nitrogens with one attached hydrogen (secondary N) is 5. The smallest absolute Gasteiger partial charge is 0.408 e. The third-order valence-electron chi connectivity index (χ3n) is 6.56. The number of hydrogen-bond acceptors (Lipinski definition) is 8. The molecule has 5 amide bonds. The Bertz CT molecular complexity index is 1470. The number of β-lactam (4-membered cyclic amide) rings is 1. The molecule has 44 heavy (non-hydrogen) atoms. The second-order valence-corrected chi connectivity index (χ2v) is 9.75. The van der Waals surface area contributed by atoms with Gasteiger partial charge in [0.2, 0.25) is 17.7 Å². The zero-order chi connectivity index (χ0) is 31.3. The van der Waals surface area contributed by atoms with Gasteiger partial charge in [0.1, 0.15) is 31.0 Å². The fourth-order valence-corrected chi connectivity index (χ4v) is 4.06. The van der Waals surface area contributed by atoms with Crippen LogP contribution in [0.4, 0.5) is 15.3 Å². The molecule has 0 spiro atoms. The SMILES string of the molecule is COc1ccc(COC(=O)NCC(NC(=O)OCc2ccccc2)C(=O)Nc2ccccc2CC(=O)NC2CNC2=O)cc1. The van der Waals surface area contributed by atoms with Gasteiger partial charge in [0.05, 0.1) is 20.1 Å². The van der Waals surface area contributed by atoms with Gasteiger partial charge in [-0.1, -0.05) is 60.7 Å². The van der Waals surface area contributed by atoms with Gasteiger partial charge in [0.25, 0.3) is 0 Å². The van der Waals surface area contributed by atoms with Crippen molar-refractivity contribution in [3.05, 3.63) is 95.6 Å². The van der Waals surface area contributed by atoms with E-state index in [0.29, 0.717) is 23.5 Å². The van der Waals surface area contributed by atoms with Gasteiger partial charge in [-0.05, 0) is 34.9 Å². The predicted molar refractivity (Wildman–Crippen MR) is 158 cm³/mol. The number of carbonyl (C=O) groups is 5. The van der Waals surface area contributed by atoms with E-state index < -0.39 is 36.1 Å². The monoisotopic (exact) mass is 603 g/mol. The summed E-state index contributed by atoms with van der Waals surface area (Å²) in [6.07, 6.45) is -1.79. The van der Waals surface area contributed by atoms with Gasteiger partial charge in [0.15, 0.2) is 0 Å². The van der Waals surface area contributed by atoms with Crippen LogP contribution in [0.1, 0.15) is 16.7 Å². The Morgan fingerprint density at radius 1 is 0.864 bits per heavy atom. The minimum absolute atomic E-state index is 0.0306. The molecule has 1 heterocycles. The van der Waals surface area contributed by atoms with Crippen molar-refractivity contribution in [2.75, 3.05) is 25.5 Å². The summed E-state index contributed by atoms with van der Waals surface area (Å²) in [6, 6.07) is 20.7. The second-order valence-electron chi connectivity index (χ2n) is 9.75. The third kappa shape index (κ3) is 9.48. The molecule has 4 rings (SSSR count). The summed E-state index contributed by atoms with van der Waals surface area (Å²) < 4.78 is 15.6. The van der Waals surface area contributed by atoms with Crippen LogP contribution < -0.4 is 31.3 Å². The highest BCUT2D eigenvalue weighted by Gasteiger charge is 2.29. The van der Waals surface area contributed by atoms with Crippen molar-refractivity contribution in [3.8, 4) is 5.75 Å². The lowest BCUT2D eigenvalue weighted by Gasteiger charge is -2.26. The number of anilines is 1. The van der Waals surface area contributed by atoms with Crippen molar-refractivity contribution in [1.82, 2.24) is 21.3 Å². The number of ether oxygens (including phenoxy) is 3. The molecular formula is C31H33N5O8. The minimum atomic E-state index is -1.27. The van der Waals surface area contributed by atoms with Crippen LogP contribution in [0.2, 0.25) is 0 Å². The Balaban J connectivity index is 1.37. The molecule has 0 aromatic heterocycles. The summed E-state index contributed by atoms with van der Waals surface area (Å²) in [7, 11) is 1.55. The molecule has 3 aromatic carbocycles. The van der Waals surface area contributed by atoms with E-state index in [2.05, 4.69) is 26.6 Å². The number of amides is 5. The largest absolute Gasteiger partial charge is 0.497 e. The molecule has 0 radical (unpaired) electrons. The maximum atomic E-state index is 13.4. The molecular weight excluding hydrogens is 570 g/mol. The van der Waals surface area contributed by atoms with E-state index in [1.54, 1.807) is 79.9 Å². The first kappa shape index (κ1) is 31.3. The summed E-state index contributed by atoms with van der Waals surface area (Å²) in [4.78, 5) is 62.4. The molecule has 13 nitrogen and oxygen atoms in total. The topological polar surface area (TPSA) is 173 Å². The number of rotatable bonds is 13. The summed E-state index contributed by atoms with van der Waals surface area (Å²) in [6.45, 7) is -0.0358. The van der Waals surface area contributed by atoms with Crippen LogP contribution in [0.15, 0.2) is 78.9 Å². The van der Waals surface area contributed by atoms with Gasteiger partial charge >= 0.3 is 12.2 Å². The average molecular weight is 604 g/mol. The van der Waals surface area contributed by atoms with Crippen molar-refractivity contribution in [2.45, 2.75) is 31.7 Å². The van der Waals surface area contributed by atoms with Gasteiger partial charge in [-0.25, -0.2) is 9.59 Å². The number of carbonyl (C=O) groups excluding carboxylic acids is 5. The molecule has 2 unspecified atom stereocenters. The van der Waals surface area contributed by atoms with Gasteiger partial charge in [0, 0.05) is 12.2 Å². The van der Waals surface area contributed by atoms with E-state index in [-0.39, 0.29) is 32.1 Å². The molecule has 1 aliphatic rings. The first-order chi connectivity index (χ1) is 21.3. The molecule has 5 N–H and O–H groups in total. The average Bonchev–Trinajstić information content (AvgIpc) is 3.04. The summed E-state index contributed by atoms with van der Waals surface area (Å²) in [5, 5.41) is 12.8. The molecule has 2 atom stereocenters. The molecule has 1 aliphatic heterocycles. The van der Waals surface area contributed by atoms with Gasteiger partial charge in [-0.3, -0.25) is 14.4 Å². The highest BCUT2D eigenvalue weighted by Crippen LogP contribution is 2.17. The van der Waals surface area contributed by atoms with Crippen LogP contribution in [-0.4, -0.2) is 62.2 Å². The van der Waals surface area contributed by atoms with Gasteiger partial charge in [-0.15, -0.1) is 0 Å². The van der Waals surface area contributed by atoms with Gasteiger partial charge < -0.3 is 40.8 Å². The fraction of sp³-hybridized carbons (Fsp3) is 0.258. The Labute approximate surface area is 253 Å². The van der Waals surface area contributed by atoms with Crippen LogP contribution in [-0.2, 0) is 43.5 Å². The highest BCUT2D eigenvalue weighted by atomic mass is 16.6. The lowest BCUT2D eigenvalue weighted by Crippen LogP contribution is -2.61. The zero-order valence-corrected chi connectivity index (χ0v) is 24.0. The van der Waals surface area contributed by atoms with E-state index in [1.807, 2.05) is 6.07 Å². The third-order valence-corrected chi connectivity index (χ3v) is 6.56.